The van der Waals surface area contributed by atoms with E-state index in [1.165, 1.54) is 12.1 Å². The predicted octanol–water partition coefficient (Wildman–Crippen LogP) is 2.60. The fourth-order valence-electron chi connectivity index (χ4n) is 2.15. The van der Waals surface area contributed by atoms with Gasteiger partial charge in [-0.3, -0.25) is 0 Å². The lowest BCUT2D eigenvalue weighted by Crippen LogP contribution is -2.42. The summed E-state index contributed by atoms with van der Waals surface area (Å²) in [7, 11) is 0. The molecule has 2 N–H and O–H groups in total. The lowest BCUT2D eigenvalue weighted by atomic mass is 9.91. The van der Waals surface area contributed by atoms with Crippen molar-refractivity contribution in [2.24, 2.45) is 5.73 Å². The Morgan fingerprint density at radius 3 is 2.80 bits per heavy atom. The molecule has 7 heteroatoms. The third-order valence-electron chi connectivity index (χ3n) is 3.41. The van der Waals surface area contributed by atoms with E-state index in [2.05, 4.69) is 26.1 Å². The predicted molar refractivity (Wildman–Crippen MR) is 73.3 cm³/mol. The first kappa shape index (κ1) is 13.7. The Morgan fingerprint density at radius 1 is 1.30 bits per heavy atom. The van der Waals surface area contributed by atoms with E-state index in [0.29, 0.717) is 47.8 Å². The van der Waals surface area contributed by atoms with Gasteiger partial charge in [0.25, 0.3) is 0 Å². The second-order valence-electron chi connectivity index (χ2n) is 4.82. The van der Waals surface area contributed by atoms with Gasteiger partial charge in [0.05, 0.1) is 0 Å². The number of ether oxygens (including phenoxy) is 1. The summed E-state index contributed by atoms with van der Waals surface area (Å²) in [6.45, 7) is 1.13. The van der Waals surface area contributed by atoms with Crippen LogP contribution in [0.2, 0.25) is 0 Å². The van der Waals surface area contributed by atoms with Crippen molar-refractivity contribution in [1.82, 2.24) is 10.1 Å². The monoisotopic (exact) mass is 341 g/mol. The molecular weight excluding hydrogens is 329 g/mol. The van der Waals surface area contributed by atoms with Crippen LogP contribution in [-0.2, 0) is 10.3 Å². The fraction of sp³-hybridized carbons (Fsp3) is 0.385. The SMILES string of the molecule is NC1(c2nc(-c3cc(F)ccc3Br)no2)CCOCC1. The molecule has 1 aromatic heterocycles. The van der Waals surface area contributed by atoms with Gasteiger partial charge < -0.3 is 15.0 Å². The zero-order valence-corrected chi connectivity index (χ0v) is 12.2. The Balaban J connectivity index is 1.95. The third kappa shape index (κ3) is 2.48. The Bertz CT molecular complexity index is 626. The Labute approximate surface area is 123 Å². The molecule has 0 bridgehead atoms. The average molecular weight is 342 g/mol. The van der Waals surface area contributed by atoms with E-state index in [1.807, 2.05) is 0 Å². The van der Waals surface area contributed by atoms with Crippen LogP contribution >= 0.6 is 15.9 Å². The van der Waals surface area contributed by atoms with Crippen LogP contribution in [-0.4, -0.2) is 23.4 Å². The van der Waals surface area contributed by atoms with Crippen molar-refractivity contribution in [3.63, 3.8) is 0 Å². The summed E-state index contributed by atoms with van der Waals surface area (Å²) in [5.41, 5.74) is 6.15. The van der Waals surface area contributed by atoms with E-state index in [4.69, 9.17) is 15.0 Å². The van der Waals surface area contributed by atoms with Gasteiger partial charge in [-0.1, -0.05) is 21.1 Å². The molecule has 20 heavy (non-hydrogen) atoms. The highest BCUT2D eigenvalue weighted by atomic mass is 79.9. The fourth-order valence-corrected chi connectivity index (χ4v) is 2.58. The second kappa shape index (κ2) is 5.23. The molecule has 3 rings (SSSR count). The molecule has 1 fully saturated rings. The largest absolute Gasteiger partial charge is 0.381 e. The van der Waals surface area contributed by atoms with Gasteiger partial charge >= 0.3 is 0 Å². The van der Waals surface area contributed by atoms with Crippen LogP contribution in [0.25, 0.3) is 11.4 Å². The molecule has 1 aliphatic rings. The zero-order chi connectivity index (χ0) is 14.2. The summed E-state index contributed by atoms with van der Waals surface area (Å²) >= 11 is 3.35. The molecule has 0 spiro atoms. The van der Waals surface area contributed by atoms with Crippen LogP contribution in [0, 0.1) is 5.82 Å². The summed E-state index contributed by atoms with van der Waals surface area (Å²) < 4.78 is 24.6. The third-order valence-corrected chi connectivity index (χ3v) is 4.10. The van der Waals surface area contributed by atoms with E-state index in [1.54, 1.807) is 6.07 Å². The quantitative estimate of drug-likeness (QED) is 0.908. The number of hydrogen-bond acceptors (Lipinski definition) is 5. The van der Waals surface area contributed by atoms with Crippen LogP contribution in [0.5, 0.6) is 0 Å². The van der Waals surface area contributed by atoms with Crippen molar-refractivity contribution in [1.29, 1.82) is 0 Å². The summed E-state index contributed by atoms with van der Waals surface area (Å²) in [6, 6.07) is 4.32. The number of benzene rings is 1. The van der Waals surface area contributed by atoms with Crippen molar-refractivity contribution in [2.45, 2.75) is 18.4 Å². The molecule has 0 saturated carbocycles. The van der Waals surface area contributed by atoms with Gasteiger partial charge in [0, 0.05) is 23.2 Å². The average Bonchev–Trinajstić information content (AvgIpc) is 2.93. The summed E-state index contributed by atoms with van der Waals surface area (Å²) in [6.07, 6.45) is 1.25. The van der Waals surface area contributed by atoms with Crippen molar-refractivity contribution in [2.75, 3.05) is 13.2 Å². The van der Waals surface area contributed by atoms with Gasteiger partial charge in [-0.15, -0.1) is 0 Å². The lowest BCUT2D eigenvalue weighted by molar-refractivity contribution is 0.0400. The number of halogens is 2. The molecule has 2 heterocycles. The van der Waals surface area contributed by atoms with Crippen LogP contribution in [0.1, 0.15) is 18.7 Å². The van der Waals surface area contributed by atoms with Gasteiger partial charge in [0.1, 0.15) is 11.4 Å². The van der Waals surface area contributed by atoms with Gasteiger partial charge in [-0.25, -0.2) is 4.39 Å². The molecule has 0 aliphatic carbocycles. The van der Waals surface area contributed by atoms with Gasteiger partial charge in [0.2, 0.25) is 11.7 Å². The maximum absolute atomic E-state index is 13.3. The van der Waals surface area contributed by atoms with Gasteiger partial charge in [-0.05, 0) is 31.0 Å². The molecule has 1 saturated heterocycles. The van der Waals surface area contributed by atoms with Crippen molar-refractivity contribution in [3.05, 3.63) is 34.4 Å². The molecule has 1 aromatic carbocycles. The molecule has 0 amide bonds. The number of rotatable bonds is 2. The normalized spacial score (nSPS) is 18.1. The maximum atomic E-state index is 13.3. The van der Waals surface area contributed by atoms with Crippen LogP contribution in [0.15, 0.2) is 27.2 Å². The highest BCUT2D eigenvalue weighted by Crippen LogP contribution is 2.31. The Morgan fingerprint density at radius 2 is 2.05 bits per heavy atom. The molecule has 2 aromatic rings. The lowest BCUT2D eigenvalue weighted by Gasteiger charge is -2.29. The van der Waals surface area contributed by atoms with Crippen LogP contribution in [0.4, 0.5) is 4.39 Å². The van der Waals surface area contributed by atoms with E-state index in [0.717, 1.165) is 0 Å². The topological polar surface area (TPSA) is 74.2 Å². The minimum absolute atomic E-state index is 0.322. The number of nitrogens with two attached hydrogens (primary N) is 1. The second-order valence-corrected chi connectivity index (χ2v) is 5.67. The minimum Gasteiger partial charge on any atom is -0.381 e. The first-order chi connectivity index (χ1) is 9.58. The molecule has 5 nitrogen and oxygen atoms in total. The standard InChI is InChI=1S/C13H13BrFN3O2/c14-10-2-1-8(15)7-9(10)11-17-12(20-18-11)13(16)3-5-19-6-4-13/h1-2,7H,3-6,16H2. The molecular formula is C13H13BrFN3O2. The van der Waals surface area contributed by atoms with Crippen LogP contribution < -0.4 is 5.73 Å². The summed E-state index contributed by atoms with van der Waals surface area (Å²) in [5, 5.41) is 3.91. The number of aromatic nitrogens is 2. The molecule has 0 atom stereocenters. The van der Waals surface area contributed by atoms with Gasteiger partial charge in [-0.2, -0.15) is 4.98 Å². The van der Waals surface area contributed by atoms with Gasteiger partial charge in [0.15, 0.2) is 0 Å². The van der Waals surface area contributed by atoms with E-state index < -0.39 is 5.54 Å². The highest BCUT2D eigenvalue weighted by molar-refractivity contribution is 9.10. The maximum Gasteiger partial charge on any atom is 0.247 e. The Kier molecular flexibility index (Phi) is 3.57. The van der Waals surface area contributed by atoms with Crippen molar-refractivity contribution < 1.29 is 13.7 Å². The molecule has 1 aliphatic heterocycles. The first-order valence-corrected chi connectivity index (χ1v) is 7.04. The summed E-state index contributed by atoms with van der Waals surface area (Å²) in [5.74, 6) is 0.331. The van der Waals surface area contributed by atoms with Crippen molar-refractivity contribution >= 4 is 15.9 Å². The smallest absolute Gasteiger partial charge is 0.247 e. The summed E-state index contributed by atoms with van der Waals surface area (Å²) in [4.78, 5) is 4.32. The van der Waals surface area contributed by atoms with E-state index >= 15 is 0 Å². The minimum atomic E-state index is -0.663. The molecule has 0 radical (unpaired) electrons. The number of hydrogen-bond donors (Lipinski definition) is 1. The zero-order valence-electron chi connectivity index (χ0n) is 10.6. The first-order valence-electron chi connectivity index (χ1n) is 6.25. The van der Waals surface area contributed by atoms with E-state index in [9.17, 15) is 4.39 Å². The van der Waals surface area contributed by atoms with E-state index in [-0.39, 0.29) is 5.82 Å². The molecule has 0 unspecified atom stereocenters. The number of nitrogens with zero attached hydrogens (tertiary/aromatic N) is 2. The molecule has 106 valence electrons. The van der Waals surface area contributed by atoms with Crippen LogP contribution in [0.3, 0.4) is 0 Å². The Hall–Kier alpha value is -1.31. The van der Waals surface area contributed by atoms with Crippen molar-refractivity contribution in [3.8, 4) is 11.4 Å². The highest BCUT2D eigenvalue weighted by Gasteiger charge is 2.36.